The van der Waals surface area contributed by atoms with Gasteiger partial charge in [-0.1, -0.05) is 26.0 Å². The van der Waals surface area contributed by atoms with Crippen molar-refractivity contribution >= 4 is 11.6 Å². The first kappa shape index (κ1) is 23.5. The summed E-state index contributed by atoms with van der Waals surface area (Å²) >= 11 is 0. The third-order valence-electron chi connectivity index (χ3n) is 4.99. The van der Waals surface area contributed by atoms with Crippen molar-refractivity contribution in [1.29, 1.82) is 0 Å². The fourth-order valence-electron chi connectivity index (χ4n) is 3.47. The predicted molar refractivity (Wildman–Crippen MR) is 122 cm³/mol. The summed E-state index contributed by atoms with van der Waals surface area (Å²) in [5, 5.41) is 13.4. The van der Waals surface area contributed by atoms with Gasteiger partial charge >= 0.3 is 0 Å². The average molecular weight is 405 g/mol. The maximum Gasteiger partial charge on any atom is 0.194 e. The van der Waals surface area contributed by atoms with Crippen LogP contribution in [0, 0.1) is 5.92 Å². The number of aliphatic hydroxyl groups is 1. The third kappa shape index (κ3) is 8.62. The largest absolute Gasteiger partial charge is 0.389 e. The van der Waals surface area contributed by atoms with Crippen molar-refractivity contribution in [3.63, 3.8) is 0 Å². The number of nitrogens with zero attached hydrogens (tertiary/aromatic N) is 3. The first-order valence-corrected chi connectivity index (χ1v) is 11.1. The second-order valence-electron chi connectivity index (χ2n) is 8.35. The Morgan fingerprint density at radius 1 is 1.17 bits per heavy atom. The van der Waals surface area contributed by atoms with Crippen LogP contribution in [0.1, 0.15) is 45.6 Å². The third-order valence-corrected chi connectivity index (χ3v) is 4.99. The van der Waals surface area contributed by atoms with Gasteiger partial charge in [-0.25, -0.2) is 0 Å². The van der Waals surface area contributed by atoms with Gasteiger partial charge in [0.25, 0.3) is 0 Å². The lowest BCUT2D eigenvalue weighted by molar-refractivity contribution is 0.0300. The zero-order chi connectivity index (χ0) is 21.1. The molecular formula is C23H40N4O2. The van der Waals surface area contributed by atoms with E-state index in [0.29, 0.717) is 25.7 Å². The van der Waals surface area contributed by atoms with E-state index in [9.17, 15) is 5.11 Å². The van der Waals surface area contributed by atoms with Gasteiger partial charge in [0, 0.05) is 45.5 Å². The fraction of sp³-hybridized carbons (Fsp3) is 0.696. The molecule has 2 rings (SSSR count). The molecule has 2 N–H and O–H groups in total. The predicted octanol–water partition coefficient (Wildman–Crippen LogP) is 3.11. The van der Waals surface area contributed by atoms with Gasteiger partial charge in [-0.15, -0.1) is 0 Å². The van der Waals surface area contributed by atoms with Crippen LogP contribution in [0.15, 0.2) is 29.3 Å². The number of piperidine rings is 1. The number of ether oxygens (including phenoxy) is 1. The van der Waals surface area contributed by atoms with Crippen LogP contribution in [-0.2, 0) is 11.3 Å². The standard InChI is InChI=1S/C23H40N4O2/c1-5-24-23(25-15-22(28)18-29-17-19(2)3)26(4)16-20-9-11-21(12-10-20)27-13-7-6-8-14-27/h9-12,19,22,28H,5-8,13-18H2,1-4H3,(H,24,25). The molecular weight excluding hydrogens is 364 g/mol. The van der Waals surface area contributed by atoms with Crippen molar-refractivity contribution in [3.8, 4) is 0 Å². The zero-order valence-corrected chi connectivity index (χ0v) is 18.7. The van der Waals surface area contributed by atoms with E-state index in [4.69, 9.17) is 4.74 Å². The summed E-state index contributed by atoms with van der Waals surface area (Å²) in [6.07, 6.45) is 3.35. The second kappa shape index (κ2) is 12.7. The van der Waals surface area contributed by atoms with Crippen molar-refractivity contribution in [2.75, 3.05) is 51.3 Å². The van der Waals surface area contributed by atoms with E-state index in [0.717, 1.165) is 19.0 Å². The Morgan fingerprint density at radius 2 is 1.86 bits per heavy atom. The van der Waals surface area contributed by atoms with Crippen LogP contribution in [0.4, 0.5) is 5.69 Å². The average Bonchev–Trinajstić information content (AvgIpc) is 2.72. The molecule has 6 nitrogen and oxygen atoms in total. The summed E-state index contributed by atoms with van der Waals surface area (Å²) in [6.45, 7) is 11.5. The SMILES string of the molecule is CCNC(=NCC(O)COCC(C)C)N(C)Cc1ccc(N2CCCCC2)cc1. The molecule has 164 valence electrons. The minimum Gasteiger partial charge on any atom is -0.389 e. The van der Waals surface area contributed by atoms with E-state index in [1.54, 1.807) is 0 Å². The molecule has 0 aliphatic carbocycles. The molecule has 1 aliphatic rings. The first-order valence-electron chi connectivity index (χ1n) is 11.1. The molecule has 1 saturated heterocycles. The van der Waals surface area contributed by atoms with Crippen molar-refractivity contribution in [1.82, 2.24) is 10.2 Å². The van der Waals surface area contributed by atoms with Crippen LogP contribution in [0.5, 0.6) is 0 Å². The van der Waals surface area contributed by atoms with E-state index >= 15 is 0 Å². The number of benzene rings is 1. The van der Waals surface area contributed by atoms with Gasteiger partial charge in [-0.3, -0.25) is 4.99 Å². The normalized spacial score (nSPS) is 16.2. The van der Waals surface area contributed by atoms with Crippen LogP contribution >= 0.6 is 0 Å². The molecule has 1 aromatic carbocycles. The van der Waals surface area contributed by atoms with Gasteiger partial charge in [0.05, 0.1) is 19.3 Å². The van der Waals surface area contributed by atoms with E-state index < -0.39 is 6.10 Å². The molecule has 1 heterocycles. The summed E-state index contributed by atoms with van der Waals surface area (Å²) in [7, 11) is 2.03. The summed E-state index contributed by atoms with van der Waals surface area (Å²) in [4.78, 5) is 9.17. The van der Waals surface area contributed by atoms with Crippen molar-refractivity contribution < 1.29 is 9.84 Å². The lowest BCUT2D eigenvalue weighted by Crippen LogP contribution is -2.39. The monoisotopic (exact) mass is 404 g/mol. The van der Waals surface area contributed by atoms with Crippen molar-refractivity contribution in [2.24, 2.45) is 10.9 Å². The Hall–Kier alpha value is -1.79. The molecule has 1 atom stereocenters. The Kier molecular flexibility index (Phi) is 10.3. The highest BCUT2D eigenvalue weighted by Crippen LogP contribution is 2.20. The Bertz CT molecular complexity index is 597. The van der Waals surface area contributed by atoms with Crippen LogP contribution in [0.3, 0.4) is 0 Å². The highest BCUT2D eigenvalue weighted by Gasteiger charge is 2.12. The topological polar surface area (TPSA) is 60.3 Å². The van der Waals surface area contributed by atoms with Gasteiger partial charge < -0.3 is 25.0 Å². The molecule has 1 aliphatic heterocycles. The number of aliphatic imine (C=N–C) groups is 1. The Balaban J connectivity index is 1.88. The van der Waals surface area contributed by atoms with Gasteiger partial charge in [-0.05, 0) is 49.8 Å². The maximum atomic E-state index is 10.1. The molecule has 0 radical (unpaired) electrons. The van der Waals surface area contributed by atoms with Gasteiger partial charge in [0.1, 0.15) is 0 Å². The lowest BCUT2D eigenvalue weighted by atomic mass is 10.1. The summed E-state index contributed by atoms with van der Waals surface area (Å²) in [5.74, 6) is 1.27. The highest BCUT2D eigenvalue weighted by molar-refractivity contribution is 5.79. The second-order valence-corrected chi connectivity index (χ2v) is 8.35. The molecule has 0 amide bonds. The Morgan fingerprint density at radius 3 is 2.48 bits per heavy atom. The van der Waals surface area contributed by atoms with Crippen molar-refractivity contribution in [2.45, 2.75) is 52.7 Å². The van der Waals surface area contributed by atoms with Gasteiger partial charge in [-0.2, -0.15) is 0 Å². The van der Waals surface area contributed by atoms with Gasteiger partial charge in [0.2, 0.25) is 0 Å². The molecule has 0 aromatic heterocycles. The van der Waals surface area contributed by atoms with E-state index in [-0.39, 0.29) is 0 Å². The van der Waals surface area contributed by atoms with Gasteiger partial charge in [0.15, 0.2) is 5.96 Å². The minimum atomic E-state index is -0.584. The number of nitrogens with one attached hydrogen (secondary N) is 1. The summed E-state index contributed by atoms with van der Waals surface area (Å²) < 4.78 is 5.51. The quantitative estimate of drug-likeness (QED) is 0.463. The van der Waals surface area contributed by atoms with E-state index in [1.165, 1.54) is 43.6 Å². The van der Waals surface area contributed by atoms with Crippen LogP contribution in [0.25, 0.3) is 0 Å². The Labute approximate surface area is 177 Å². The van der Waals surface area contributed by atoms with Crippen LogP contribution < -0.4 is 10.2 Å². The van der Waals surface area contributed by atoms with E-state index in [1.807, 2.05) is 7.05 Å². The molecule has 0 saturated carbocycles. The molecule has 1 fully saturated rings. The molecule has 0 bridgehead atoms. The molecule has 0 spiro atoms. The molecule has 1 aromatic rings. The maximum absolute atomic E-state index is 10.1. The molecule has 6 heteroatoms. The number of hydrogen-bond acceptors (Lipinski definition) is 4. The fourth-order valence-corrected chi connectivity index (χ4v) is 3.47. The van der Waals surface area contributed by atoms with Crippen LogP contribution in [-0.4, -0.2) is 68.5 Å². The van der Waals surface area contributed by atoms with Crippen LogP contribution in [0.2, 0.25) is 0 Å². The summed E-state index contributed by atoms with van der Waals surface area (Å²) in [6, 6.07) is 8.87. The number of guanidine groups is 1. The lowest BCUT2D eigenvalue weighted by Gasteiger charge is -2.29. The number of aliphatic hydroxyl groups excluding tert-OH is 1. The molecule has 1 unspecified atom stereocenters. The first-order chi connectivity index (χ1) is 14.0. The number of rotatable bonds is 10. The van der Waals surface area contributed by atoms with Crippen molar-refractivity contribution in [3.05, 3.63) is 29.8 Å². The smallest absolute Gasteiger partial charge is 0.194 e. The number of hydrogen-bond donors (Lipinski definition) is 2. The minimum absolute atomic E-state index is 0.322. The summed E-state index contributed by atoms with van der Waals surface area (Å²) in [5.41, 5.74) is 2.57. The molecule has 29 heavy (non-hydrogen) atoms. The van der Waals surface area contributed by atoms with E-state index in [2.05, 4.69) is 65.1 Å². The number of anilines is 1. The highest BCUT2D eigenvalue weighted by atomic mass is 16.5. The zero-order valence-electron chi connectivity index (χ0n) is 18.7.